The molecule has 16 heavy (non-hydrogen) atoms. The Balaban J connectivity index is 0. The number of halogens is 2. The number of aromatic nitrogens is 1. The number of nitrogens with two attached hydrogens (primary N) is 1. The van der Waals surface area contributed by atoms with E-state index in [4.69, 9.17) is 5.73 Å². The largest absolute Gasteiger partial charge is 0.351 e. The molecule has 0 spiro atoms. The molecular weight excluding hydrogens is 269 g/mol. The molecule has 0 aromatic carbocycles. The summed E-state index contributed by atoms with van der Waals surface area (Å²) in [5.41, 5.74) is 6.26. The lowest BCUT2D eigenvalue weighted by Crippen LogP contribution is -2.24. The predicted octanol–water partition coefficient (Wildman–Crippen LogP) is 1.57. The summed E-state index contributed by atoms with van der Waals surface area (Å²) in [6, 6.07) is 0. The van der Waals surface area contributed by atoms with Crippen molar-refractivity contribution in [3.05, 3.63) is 15.6 Å². The highest BCUT2D eigenvalue weighted by Crippen LogP contribution is 2.16. The van der Waals surface area contributed by atoms with Crippen molar-refractivity contribution in [2.75, 3.05) is 6.54 Å². The molecule has 4 nitrogen and oxygen atoms in total. The second-order valence-electron chi connectivity index (χ2n) is 3.06. The molecule has 0 aliphatic heterocycles. The topological polar surface area (TPSA) is 68.0 Å². The van der Waals surface area contributed by atoms with Crippen LogP contribution in [-0.4, -0.2) is 17.4 Å². The Labute approximate surface area is 112 Å². The van der Waals surface area contributed by atoms with Crippen LogP contribution in [0, 0.1) is 13.8 Å². The molecule has 1 aromatic heterocycles. The quantitative estimate of drug-likeness (QED) is 0.882. The Kier molecular flexibility index (Phi) is 9.86. The first kappa shape index (κ1) is 18.0. The van der Waals surface area contributed by atoms with Gasteiger partial charge in [-0.25, -0.2) is 4.98 Å². The van der Waals surface area contributed by atoms with E-state index in [1.165, 1.54) is 0 Å². The highest BCUT2D eigenvalue weighted by molar-refractivity contribution is 7.11. The van der Waals surface area contributed by atoms with Gasteiger partial charge in [-0.3, -0.25) is 4.79 Å². The summed E-state index contributed by atoms with van der Waals surface area (Å²) in [7, 11) is 0. The number of nitrogens with one attached hydrogen (secondary N) is 1. The van der Waals surface area contributed by atoms with Crippen molar-refractivity contribution < 1.29 is 4.79 Å². The molecule has 94 valence electrons. The normalized spacial score (nSPS) is 8.94. The zero-order chi connectivity index (χ0) is 10.6. The molecule has 1 aromatic rings. The number of hydrogen-bond donors (Lipinski definition) is 2. The van der Waals surface area contributed by atoms with Gasteiger partial charge in [-0.2, -0.15) is 0 Å². The number of hydrogen-bond acceptors (Lipinski definition) is 4. The minimum Gasteiger partial charge on any atom is -0.351 e. The standard InChI is InChI=1S/C9H15N3OS.2ClH/c1-6-8(14-7(2)12-6)5-11-9(13)3-4-10;;/h3-5,10H2,1-2H3,(H,11,13);2*1H. The molecule has 0 saturated carbocycles. The van der Waals surface area contributed by atoms with Gasteiger partial charge in [0.05, 0.1) is 17.2 Å². The summed E-state index contributed by atoms with van der Waals surface area (Å²) < 4.78 is 0. The molecule has 1 rings (SSSR count). The van der Waals surface area contributed by atoms with E-state index in [-0.39, 0.29) is 30.7 Å². The molecular formula is C9H17Cl2N3OS. The maximum atomic E-state index is 11.1. The molecule has 0 atom stereocenters. The van der Waals surface area contributed by atoms with Gasteiger partial charge in [0.25, 0.3) is 0 Å². The maximum Gasteiger partial charge on any atom is 0.221 e. The molecule has 0 aliphatic carbocycles. The van der Waals surface area contributed by atoms with Crippen LogP contribution in [0.5, 0.6) is 0 Å². The summed E-state index contributed by atoms with van der Waals surface area (Å²) in [6.45, 7) is 4.87. The number of thiazole rings is 1. The van der Waals surface area contributed by atoms with E-state index >= 15 is 0 Å². The zero-order valence-electron chi connectivity index (χ0n) is 9.28. The van der Waals surface area contributed by atoms with E-state index < -0.39 is 0 Å². The molecule has 0 unspecified atom stereocenters. The molecule has 1 amide bonds. The molecule has 0 aliphatic rings. The van der Waals surface area contributed by atoms with E-state index in [0.717, 1.165) is 15.6 Å². The molecule has 0 radical (unpaired) electrons. The third-order valence-electron chi connectivity index (χ3n) is 1.82. The summed E-state index contributed by atoms with van der Waals surface area (Å²) in [5, 5.41) is 3.84. The first-order valence-electron chi connectivity index (χ1n) is 4.53. The van der Waals surface area contributed by atoms with Gasteiger partial charge in [0.2, 0.25) is 5.91 Å². The first-order valence-corrected chi connectivity index (χ1v) is 5.34. The number of aryl methyl sites for hydroxylation is 2. The van der Waals surface area contributed by atoms with Crippen LogP contribution in [0.3, 0.4) is 0 Å². The lowest BCUT2D eigenvalue weighted by molar-refractivity contribution is -0.121. The van der Waals surface area contributed by atoms with E-state index in [2.05, 4.69) is 10.3 Å². The Morgan fingerprint density at radius 2 is 2.06 bits per heavy atom. The molecule has 7 heteroatoms. The van der Waals surface area contributed by atoms with Crippen LogP contribution in [0.1, 0.15) is 22.0 Å². The van der Waals surface area contributed by atoms with E-state index in [9.17, 15) is 4.79 Å². The van der Waals surface area contributed by atoms with Crippen molar-refractivity contribution in [2.24, 2.45) is 5.73 Å². The monoisotopic (exact) mass is 285 g/mol. The van der Waals surface area contributed by atoms with Crippen LogP contribution in [0.4, 0.5) is 0 Å². The highest BCUT2D eigenvalue weighted by atomic mass is 35.5. The van der Waals surface area contributed by atoms with Crippen LogP contribution < -0.4 is 11.1 Å². The van der Waals surface area contributed by atoms with Gasteiger partial charge in [0, 0.05) is 17.8 Å². The lowest BCUT2D eigenvalue weighted by Gasteiger charge is -2.01. The van der Waals surface area contributed by atoms with Crippen LogP contribution in [0.2, 0.25) is 0 Å². The summed E-state index contributed by atoms with van der Waals surface area (Å²) in [6.07, 6.45) is 0.386. The third kappa shape index (κ3) is 5.65. The number of rotatable bonds is 4. The van der Waals surface area contributed by atoms with Gasteiger partial charge >= 0.3 is 0 Å². The summed E-state index contributed by atoms with van der Waals surface area (Å²) in [4.78, 5) is 16.5. The average Bonchev–Trinajstić information content (AvgIpc) is 2.42. The molecule has 0 fully saturated rings. The Bertz CT molecular complexity index is 331. The Hall–Kier alpha value is -0.360. The fourth-order valence-corrected chi connectivity index (χ4v) is 2.01. The predicted molar refractivity (Wildman–Crippen MR) is 71.6 cm³/mol. The van der Waals surface area contributed by atoms with Gasteiger partial charge in [-0.05, 0) is 13.8 Å². The van der Waals surface area contributed by atoms with Crippen LogP contribution >= 0.6 is 36.2 Å². The maximum absolute atomic E-state index is 11.1. The molecule has 0 bridgehead atoms. The minimum atomic E-state index is -0.00190. The van der Waals surface area contributed by atoms with E-state index in [1.807, 2.05) is 13.8 Å². The highest BCUT2D eigenvalue weighted by Gasteiger charge is 2.05. The number of carbonyl (C=O) groups excluding carboxylic acids is 1. The fourth-order valence-electron chi connectivity index (χ4n) is 1.14. The Morgan fingerprint density at radius 1 is 1.44 bits per heavy atom. The van der Waals surface area contributed by atoms with Crippen molar-refractivity contribution in [1.82, 2.24) is 10.3 Å². The van der Waals surface area contributed by atoms with Crippen LogP contribution in [-0.2, 0) is 11.3 Å². The van der Waals surface area contributed by atoms with Gasteiger partial charge < -0.3 is 11.1 Å². The van der Waals surface area contributed by atoms with Crippen molar-refractivity contribution >= 4 is 42.1 Å². The second-order valence-corrected chi connectivity index (χ2v) is 4.34. The number of nitrogens with zero attached hydrogens (tertiary/aromatic N) is 1. The third-order valence-corrected chi connectivity index (χ3v) is 2.89. The SMILES string of the molecule is Cc1nc(C)c(CNC(=O)CCN)s1.Cl.Cl. The second kappa shape index (κ2) is 8.75. The van der Waals surface area contributed by atoms with Crippen molar-refractivity contribution in [2.45, 2.75) is 26.8 Å². The molecule has 1 heterocycles. The summed E-state index contributed by atoms with van der Waals surface area (Å²) in [5.74, 6) is -0.00190. The molecule has 3 N–H and O–H groups in total. The van der Waals surface area contributed by atoms with Gasteiger partial charge in [0.1, 0.15) is 0 Å². The van der Waals surface area contributed by atoms with Gasteiger partial charge in [-0.15, -0.1) is 36.2 Å². The lowest BCUT2D eigenvalue weighted by atomic mass is 10.3. The Morgan fingerprint density at radius 3 is 2.50 bits per heavy atom. The van der Waals surface area contributed by atoms with E-state index in [1.54, 1.807) is 11.3 Å². The fraction of sp³-hybridized carbons (Fsp3) is 0.556. The van der Waals surface area contributed by atoms with Crippen molar-refractivity contribution in [3.8, 4) is 0 Å². The minimum absolute atomic E-state index is 0. The summed E-state index contributed by atoms with van der Waals surface area (Å²) >= 11 is 1.62. The van der Waals surface area contributed by atoms with Crippen LogP contribution in [0.15, 0.2) is 0 Å². The zero-order valence-corrected chi connectivity index (χ0v) is 11.7. The van der Waals surface area contributed by atoms with Crippen LogP contribution in [0.25, 0.3) is 0 Å². The average molecular weight is 286 g/mol. The number of carbonyl (C=O) groups is 1. The van der Waals surface area contributed by atoms with E-state index in [0.29, 0.717) is 19.5 Å². The smallest absolute Gasteiger partial charge is 0.221 e. The first-order chi connectivity index (χ1) is 6.63. The van der Waals surface area contributed by atoms with Crippen molar-refractivity contribution in [3.63, 3.8) is 0 Å². The van der Waals surface area contributed by atoms with Crippen molar-refractivity contribution in [1.29, 1.82) is 0 Å². The molecule has 0 saturated heterocycles. The van der Waals surface area contributed by atoms with Gasteiger partial charge in [0.15, 0.2) is 0 Å². The number of amides is 1. The van der Waals surface area contributed by atoms with Gasteiger partial charge in [-0.1, -0.05) is 0 Å².